The van der Waals surface area contributed by atoms with Crippen molar-refractivity contribution in [2.24, 2.45) is 0 Å². The molecule has 0 fully saturated rings. The van der Waals surface area contributed by atoms with Crippen molar-refractivity contribution in [1.82, 2.24) is 0 Å². The molecule has 0 radical (unpaired) electrons. The lowest BCUT2D eigenvalue weighted by atomic mass is 9.83. The van der Waals surface area contributed by atoms with E-state index >= 15 is 0 Å². The van der Waals surface area contributed by atoms with Crippen LogP contribution in [0.3, 0.4) is 0 Å². The van der Waals surface area contributed by atoms with E-state index in [0.717, 1.165) is 111 Å². The summed E-state index contributed by atoms with van der Waals surface area (Å²) in [5.41, 5.74) is 14.7. The average molecular weight is 1040 g/mol. The molecule has 4 atom stereocenters. The Bertz CT molecular complexity index is 4780. The van der Waals surface area contributed by atoms with E-state index in [4.69, 9.17) is 18.3 Å². The van der Waals surface area contributed by atoms with Crippen LogP contribution >= 0.6 is 0 Å². The molecule has 4 heterocycles. The maximum atomic E-state index is 7.05. The van der Waals surface area contributed by atoms with E-state index in [1.165, 1.54) is 32.9 Å². The molecule has 2 aliphatic heterocycles. The van der Waals surface area contributed by atoms with Crippen LogP contribution in [0.25, 0.3) is 77.6 Å². The first kappa shape index (κ1) is 46.8. The summed E-state index contributed by atoms with van der Waals surface area (Å²) in [6, 6.07) is 68.1. The van der Waals surface area contributed by atoms with Crippen LogP contribution in [0, 0.1) is 0 Å². The number of allylic oxidation sites excluding steroid dienone is 2. The fraction of sp³-hybridized carbons (Fsp3) is 0.162. The van der Waals surface area contributed by atoms with Gasteiger partial charge in [-0.1, -0.05) is 157 Å². The number of furan rings is 2. The van der Waals surface area contributed by atoms with Crippen molar-refractivity contribution >= 4 is 106 Å². The fourth-order valence-corrected chi connectivity index (χ4v) is 13.4. The molecule has 80 heavy (non-hydrogen) atoms. The summed E-state index contributed by atoms with van der Waals surface area (Å²) in [5, 5.41) is 11.3. The number of para-hydroxylation sites is 5. The van der Waals surface area contributed by atoms with Crippen molar-refractivity contribution < 1.29 is 18.3 Å². The second-order valence-electron chi connectivity index (χ2n) is 24.4. The molecule has 0 spiro atoms. The highest BCUT2D eigenvalue weighted by Gasteiger charge is 2.42. The molecule has 4 aliphatic rings. The van der Waals surface area contributed by atoms with Crippen LogP contribution < -0.4 is 29.7 Å². The van der Waals surface area contributed by atoms with Gasteiger partial charge in [0, 0.05) is 72.8 Å². The zero-order valence-electron chi connectivity index (χ0n) is 45.6. The Kier molecular flexibility index (Phi) is 10.0. The first-order valence-electron chi connectivity index (χ1n) is 28.1. The number of rotatable bonds is 6. The van der Waals surface area contributed by atoms with Gasteiger partial charge >= 0.3 is 0 Å². The lowest BCUT2D eigenvalue weighted by molar-refractivity contribution is 0.248. The first-order valence-corrected chi connectivity index (χ1v) is 28.1. The Morgan fingerprint density at radius 2 is 1.06 bits per heavy atom. The predicted molar refractivity (Wildman–Crippen MR) is 329 cm³/mol. The third-order valence-corrected chi connectivity index (χ3v) is 17.3. The fourth-order valence-electron chi connectivity index (χ4n) is 13.4. The van der Waals surface area contributed by atoms with Crippen molar-refractivity contribution in [2.45, 2.75) is 76.4 Å². The molecule has 4 unspecified atom stereocenters. The first-order chi connectivity index (χ1) is 38.9. The molecule has 6 heteroatoms. The van der Waals surface area contributed by atoms with Gasteiger partial charge in [0.25, 0.3) is 0 Å². The molecule has 12 aromatic rings. The number of benzene rings is 10. The maximum Gasteiger partial charge on any atom is 0.159 e. The molecule has 0 saturated carbocycles. The summed E-state index contributed by atoms with van der Waals surface area (Å²) in [7, 11) is 0. The normalized spacial score (nSPS) is 18.1. The summed E-state index contributed by atoms with van der Waals surface area (Å²) in [4.78, 5) is 4.69. The molecule has 388 valence electrons. The Hall–Kier alpha value is -9.26. The van der Waals surface area contributed by atoms with Gasteiger partial charge in [0.2, 0.25) is 0 Å². The van der Waals surface area contributed by atoms with Crippen molar-refractivity contribution in [3.05, 3.63) is 245 Å². The van der Waals surface area contributed by atoms with Crippen LogP contribution in [0.1, 0.15) is 75.6 Å². The average Bonchev–Trinajstić information content (AvgIpc) is 4.36. The minimum absolute atomic E-state index is 0.0503. The van der Waals surface area contributed by atoms with Crippen LogP contribution in [0.15, 0.2) is 221 Å². The van der Waals surface area contributed by atoms with Crippen LogP contribution in [-0.2, 0) is 10.8 Å². The van der Waals surface area contributed by atoms with Gasteiger partial charge in [0.1, 0.15) is 40.5 Å². The van der Waals surface area contributed by atoms with Crippen molar-refractivity contribution in [3.8, 4) is 11.5 Å². The lowest BCUT2D eigenvalue weighted by Gasteiger charge is -2.34. The molecular weight excluding hydrogens is 981 g/mol. The van der Waals surface area contributed by atoms with E-state index in [1.807, 2.05) is 0 Å². The van der Waals surface area contributed by atoms with Crippen LogP contribution in [0.2, 0.25) is 0 Å². The summed E-state index contributed by atoms with van der Waals surface area (Å²) in [6.45, 7) is 13.5. The molecular formula is C74H58N2O4. The molecule has 2 aliphatic carbocycles. The van der Waals surface area contributed by atoms with Gasteiger partial charge in [-0.25, -0.2) is 0 Å². The smallest absolute Gasteiger partial charge is 0.159 e. The predicted octanol–water partition coefficient (Wildman–Crippen LogP) is 18.1. The van der Waals surface area contributed by atoms with E-state index in [1.54, 1.807) is 0 Å². The number of hydrogen-bond donors (Lipinski definition) is 0. The molecule has 10 aromatic carbocycles. The van der Waals surface area contributed by atoms with E-state index in [-0.39, 0.29) is 34.9 Å². The number of fused-ring (bicyclic) bond motifs is 15. The zero-order valence-corrected chi connectivity index (χ0v) is 45.6. The third-order valence-electron chi connectivity index (χ3n) is 17.3. The van der Waals surface area contributed by atoms with Gasteiger partial charge in [-0.15, -0.1) is 0 Å². The van der Waals surface area contributed by atoms with Gasteiger partial charge in [0.15, 0.2) is 5.58 Å². The van der Waals surface area contributed by atoms with Gasteiger partial charge in [-0.3, -0.25) is 0 Å². The number of nitrogens with zero attached hydrogens (tertiary/aromatic N) is 2. The summed E-state index contributed by atoms with van der Waals surface area (Å²) in [5.74, 6) is 2.12. The number of hydrogen-bond acceptors (Lipinski definition) is 6. The topological polar surface area (TPSA) is 51.2 Å². The molecule has 0 N–H and O–H groups in total. The summed E-state index contributed by atoms with van der Waals surface area (Å²) in [6.07, 6.45) is 11.1. The minimum Gasteiger partial charge on any atom is -0.485 e. The maximum absolute atomic E-state index is 7.05. The largest absolute Gasteiger partial charge is 0.485 e. The summed E-state index contributed by atoms with van der Waals surface area (Å²) < 4.78 is 27.7. The third kappa shape index (κ3) is 7.24. The van der Waals surface area contributed by atoms with Crippen molar-refractivity contribution in [1.29, 1.82) is 0 Å². The van der Waals surface area contributed by atoms with E-state index in [2.05, 4.69) is 270 Å². The Morgan fingerprint density at radius 3 is 1.82 bits per heavy atom. The van der Waals surface area contributed by atoms with Gasteiger partial charge < -0.3 is 28.1 Å². The highest BCUT2D eigenvalue weighted by atomic mass is 16.5. The lowest BCUT2D eigenvalue weighted by Crippen LogP contribution is -2.34. The summed E-state index contributed by atoms with van der Waals surface area (Å²) >= 11 is 0. The molecule has 0 saturated heterocycles. The highest BCUT2D eigenvalue weighted by Crippen LogP contribution is 2.51. The SMILES string of the molecule is CC(C)(C)c1cccc2c1OC1C(N(c3ccccc3)c3ccc4cc5c(cc4c3)oc3cc4c(cc35)=CC3c5cc6ccc(N(c7ccccc7)c7cccc8c7oc7c(C(C)(C)C)cccc78)cc6cc5OC3C=4)=CC=CC21. The van der Waals surface area contributed by atoms with Gasteiger partial charge in [-0.2, -0.15) is 0 Å². The zero-order chi connectivity index (χ0) is 53.8. The minimum atomic E-state index is -0.172. The highest BCUT2D eigenvalue weighted by molar-refractivity contribution is 6.12. The standard InChI is InChI=1S/C74H58N2O4/c1-73(2,3)61-25-13-21-53-55-23-15-27-63(71(55)79-69(53)61)75(49-17-9-7-10-18-49)51-31-29-43-35-57-59-37-47-38-60-58-36-44-30-32-52(34-46(44)40-66(58)78-68(60)42-48(47)41-67(59)77-65(57)39-45(43)33-51)76(50-19-11-8-12-20-50)64-28-16-24-56-54-22-14-26-62(74(4,5)6)70(54)80-72(56)64/h7-42,55,60,68,71H,1-6H3. The quantitative estimate of drug-likeness (QED) is 0.165. The number of anilines is 5. The monoisotopic (exact) mass is 1040 g/mol. The second-order valence-corrected chi connectivity index (χ2v) is 24.4. The Morgan fingerprint density at radius 1 is 0.425 bits per heavy atom. The van der Waals surface area contributed by atoms with Crippen LogP contribution in [0.5, 0.6) is 11.5 Å². The molecule has 0 bridgehead atoms. The molecule has 16 rings (SSSR count). The second kappa shape index (κ2) is 17.1. The Labute approximate surface area is 464 Å². The van der Waals surface area contributed by atoms with Gasteiger partial charge in [-0.05, 0) is 152 Å². The Balaban J connectivity index is 0.740. The number of ether oxygens (including phenoxy) is 2. The molecule has 6 nitrogen and oxygen atoms in total. The van der Waals surface area contributed by atoms with Gasteiger partial charge in [0.05, 0.1) is 11.4 Å². The van der Waals surface area contributed by atoms with Crippen LogP contribution in [0.4, 0.5) is 28.4 Å². The van der Waals surface area contributed by atoms with E-state index in [0.29, 0.717) is 0 Å². The van der Waals surface area contributed by atoms with Crippen molar-refractivity contribution in [2.75, 3.05) is 9.80 Å². The van der Waals surface area contributed by atoms with E-state index < -0.39 is 0 Å². The molecule has 2 aromatic heterocycles. The van der Waals surface area contributed by atoms with Crippen LogP contribution in [-0.4, -0.2) is 12.2 Å². The molecule has 0 amide bonds. The van der Waals surface area contributed by atoms with Crippen molar-refractivity contribution in [3.63, 3.8) is 0 Å². The van der Waals surface area contributed by atoms with E-state index in [9.17, 15) is 0 Å².